The van der Waals surface area contributed by atoms with Gasteiger partial charge in [-0.25, -0.2) is 5.84 Å². The first kappa shape index (κ1) is 11.3. The van der Waals surface area contributed by atoms with Crippen LogP contribution in [0, 0.1) is 0 Å². The highest BCUT2D eigenvalue weighted by Gasteiger charge is 2.14. The Morgan fingerprint density at radius 3 is 2.79 bits per heavy atom. The van der Waals surface area contributed by atoms with Crippen LogP contribution in [0.1, 0.15) is 25.7 Å². The van der Waals surface area contributed by atoms with Crippen molar-refractivity contribution in [2.45, 2.75) is 31.8 Å². The largest absolute Gasteiger partial charge is 0.376 e. The first-order valence-electron chi connectivity index (χ1n) is 5.15. The lowest BCUT2D eigenvalue weighted by molar-refractivity contribution is 0.0622. The van der Waals surface area contributed by atoms with Gasteiger partial charge in [-0.1, -0.05) is 12.8 Å². The first-order chi connectivity index (χ1) is 6.86. The van der Waals surface area contributed by atoms with Gasteiger partial charge in [0.1, 0.15) is 0 Å². The summed E-state index contributed by atoms with van der Waals surface area (Å²) >= 11 is 0. The molecule has 1 aliphatic carbocycles. The molecule has 1 rings (SSSR count). The summed E-state index contributed by atoms with van der Waals surface area (Å²) in [7, 11) is 1.68. The second-order valence-corrected chi connectivity index (χ2v) is 3.42. The summed E-state index contributed by atoms with van der Waals surface area (Å²) in [5.74, 6) is 5.80. The van der Waals surface area contributed by atoms with Gasteiger partial charge in [-0.3, -0.25) is 10.4 Å². The number of hydrazine groups is 1. The molecule has 0 spiro atoms. The van der Waals surface area contributed by atoms with Gasteiger partial charge in [-0.2, -0.15) is 0 Å². The second-order valence-electron chi connectivity index (χ2n) is 3.42. The fourth-order valence-electron chi connectivity index (χ4n) is 1.64. The highest BCUT2D eigenvalue weighted by Crippen LogP contribution is 2.20. The van der Waals surface area contributed by atoms with Gasteiger partial charge in [0, 0.05) is 13.6 Å². The van der Waals surface area contributed by atoms with Crippen molar-refractivity contribution in [1.82, 2.24) is 10.7 Å². The van der Waals surface area contributed by atoms with Gasteiger partial charge < -0.3 is 10.1 Å². The van der Waals surface area contributed by atoms with Crippen LogP contribution in [0.3, 0.4) is 0 Å². The summed E-state index contributed by atoms with van der Waals surface area (Å²) in [5.41, 5.74) is 2.46. The van der Waals surface area contributed by atoms with Gasteiger partial charge >= 0.3 is 0 Å². The Balaban J connectivity index is 1.98. The fraction of sp³-hybridized carbons (Fsp3) is 0.889. The molecule has 82 valence electrons. The average molecular weight is 200 g/mol. The Morgan fingerprint density at radius 1 is 1.50 bits per heavy atom. The molecule has 0 aromatic rings. The van der Waals surface area contributed by atoms with Crippen LogP contribution in [0.2, 0.25) is 0 Å². The van der Waals surface area contributed by atoms with Crippen molar-refractivity contribution in [3.8, 4) is 0 Å². The quantitative estimate of drug-likeness (QED) is 0.196. The predicted octanol–water partition coefficient (Wildman–Crippen LogP) is -0.0157. The summed E-state index contributed by atoms with van der Waals surface area (Å²) in [6, 6.07) is 0. The molecule has 5 nitrogen and oxygen atoms in total. The summed E-state index contributed by atoms with van der Waals surface area (Å²) in [6.07, 6.45) is 5.52. The number of aliphatic imine (C=N–C) groups is 1. The van der Waals surface area contributed by atoms with Crippen molar-refractivity contribution in [2.75, 3.05) is 20.2 Å². The van der Waals surface area contributed by atoms with Crippen LogP contribution < -0.4 is 16.6 Å². The molecule has 0 heterocycles. The number of hydrogen-bond donors (Lipinski definition) is 3. The number of nitrogens with zero attached hydrogens (tertiary/aromatic N) is 1. The Hall–Kier alpha value is -0.810. The Labute approximate surface area is 85.1 Å². The van der Waals surface area contributed by atoms with E-state index in [1.165, 1.54) is 25.7 Å². The third-order valence-electron chi connectivity index (χ3n) is 2.41. The third kappa shape index (κ3) is 3.93. The van der Waals surface area contributed by atoms with Crippen molar-refractivity contribution < 1.29 is 4.74 Å². The lowest BCUT2D eigenvalue weighted by Gasteiger charge is -2.12. The molecule has 0 saturated heterocycles. The standard InChI is InChI=1S/C9H20N4O/c1-11-9(13-10)12-6-7-14-8-4-2-3-5-8/h8H,2-7,10H2,1H3,(H2,11,12,13). The van der Waals surface area contributed by atoms with Crippen molar-refractivity contribution >= 4 is 5.96 Å². The molecule has 0 aliphatic heterocycles. The molecule has 1 saturated carbocycles. The molecule has 4 N–H and O–H groups in total. The molecule has 1 fully saturated rings. The molecular weight excluding hydrogens is 180 g/mol. The SMILES string of the molecule is CN=C(NN)NCCOC1CCCC1. The van der Waals surface area contributed by atoms with E-state index in [0.29, 0.717) is 18.7 Å². The second kappa shape index (κ2) is 6.62. The lowest BCUT2D eigenvalue weighted by atomic mass is 10.3. The van der Waals surface area contributed by atoms with Crippen LogP contribution in [0.15, 0.2) is 4.99 Å². The summed E-state index contributed by atoms with van der Waals surface area (Å²) in [6.45, 7) is 1.46. The van der Waals surface area contributed by atoms with E-state index >= 15 is 0 Å². The number of rotatable bonds is 4. The Kier molecular flexibility index (Phi) is 5.32. The molecule has 0 bridgehead atoms. The average Bonchev–Trinajstić information content (AvgIpc) is 2.71. The lowest BCUT2D eigenvalue weighted by Crippen LogP contribution is -2.42. The Morgan fingerprint density at radius 2 is 2.21 bits per heavy atom. The molecule has 0 unspecified atom stereocenters. The minimum Gasteiger partial charge on any atom is -0.376 e. The highest BCUT2D eigenvalue weighted by atomic mass is 16.5. The van der Waals surface area contributed by atoms with Gasteiger partial charge in [0.05, 0.1) is 12.7 Å². The fourth-order valence-corrected chi connectivity index (χ4v) is 1.64. The van der Waals surface area contributed by atoms with Crippen LogP contribution in [0.5, 0.6) is 0 Å². The Bertz CT molecular complexity index is 178. The van der Waals surface area contributed by atoms with Crippen LogP contribution in [-0.2, 0) is 4.74 Å². The minimum atomic E-state index is 0.477. The van der Waals surface area contributed by atoms with Gasteiger partial charge in [0.25, 0.3) is 0 Å². The molecule has 0 aromatic carbocycles. The summed E-state index contributed by atoms with van der Waals surface area (Å²) in [4.78, 5) is 3.89. The molecule has 0 atom stereocenters. The maximum absolute atomic E-state index is 5.66. The number of hydrogen-bond acceptors (Lipinski definition) is 3. The van der Waals surface area contributed by atoms with Crippen LogP contribution in [0.25, 0.3) is 0 Å². The van der Waals surface area contributed by atoms with Crippen LogP contribution in [-0.4, -0.2) is 32.3 Å². The van der Waals surface area contributed by atoms with Crippen LogP contribution >= 0.6 is 0 Å². The highest BCUT2D eigenvalue weighted by molar-refractivity contribution is 5.78. The first-order valence-corrected chi connectivity index (χ1v) is 5.15. The van der Waals surface area contributed by atoms with Crippen molar-refractivity contribution in [1.29, 1.82) is 0 Å². The van der Waals surface area contributed by atoms with E-state index in [2.05, 4.69) is 15.7 Å². The molecular formula is C9H20N4O. The normalized spacial score (nSPS) is 18.6. The molecule has 1 aliphatic rings. The third-order valence-corrected chi connectivity index (χ3v) is 2.41. The number of nitrogens with two attached hydrogens (primary N) is 1. The summed E-state index contributed by atoms with van der Waals surface area (Å²) < 4.78 is 5.66. The van der Waals surface area contributed by atoms with Gasteiger partial charge in [0.15, 0.2) is 0 Å². The van der Waals surface area contributed by atoms with Gasteiger partial charge in [-0.05, 0) is 12.8 Å². The molecule has 0 aromatic heterocycles. The predicted molar refractivity (Wildman–Crippen MR) is 56.9 cm³/mol. The van der Waals surface area contributed by atoms with E-state index in [1.54, 1.807) is 7.05 Å². The van der Waals surface area contributed by atoms with E-state index in [4.69, 9.17) is 10.6 Å². The van der Waals surface area contributed by atoms with E-state index in [-0.39, 0.29) is 0 Å². The van der Waals surface area contributed by atoms with Crippen molar-refractivity contribution in [2.24, 2.45) is 10.8 Å². The summed E-state index contributed by atoms with van der Waals surface area (Å²) in [5, 5.41) is 3.03. The molecule has 0 amide bonds. The van der Waals surface area contributed by atoms with Crippen LogP contribution in [0.4, 0.5) is 0 Å². The maximum Gasteiger partial charge on any atom is 0.205 e. The molecule has 5 heteroatoms. The molecule has 14 heavy (non-hydrogen) atoms. The zero-order valence-corrected chi connectivity index (χ0v) is 8.75. The van der Waals surface area contributed by atoms with Crippen molar-refractivity contribution in [3.63, 3.8) is 0 Å². The van der Waals surface area contributed by atoms with E-state index in [0.717, 1.165) is 6.54 Å². The van der Waals surface area contributed by atoms with Gasteiger partial charge in [0.2, 0.25) is 5.96 Å². The van der Waals surface area contributed by atoms with Gasteiger partial charge in [-0.15, -0.1) is 0 Å². The monoisotopic (exact) mass is 200 g/mol. The zero-order valence-electron chi connectivity index (χ0n) is 8.75. The van der Waals surface area contributed by atoms with E-state index in [9.17, 15) is 0 Å². The maximum atomic E-state index is 5.66. The minimum absolute atomic E-state index is 0.477. The van der Waals surface area contributed by atoms with E-state index < -0.39 is 0 Å². The number of nitrogens with one attached hydrogen (secondary N) is 2. The topological polar surface area (TPSA) is 71.7 Å². The molecule has 0 radical (unpaired) electrons. The number of guanidine groups is 1. The zero-order chi connectivity index (χ0) is 10.2. The van der Waals surface area contributed by atoms with Crippen molar-refractivity contribution in [3.05, 3.63) is 0 Å². The smallest absolute Gasteiger partial charge is 0.205 e. The van der Waals surface area contributed by atoms with E-state index in [1.807, 2.05) is 0 Å². The number of ether oxygens (including phenoxy) is 1.